The van der Waals surface area contributed by atoms with Gasteiger partial charge in [0, 0.05) is 50.0 Å². The van der Waals surface area contributed by atoms with Crippen molar-refractivity contribution in [3.63, 3.8) is 0 Å². The van der Waals surface area contributed by atoms with Crippen molar-refractivity contribution in [3.05, 3.63) is 30.5 Å². The van der Waals surface area contributed by atoms with Crippen molar-refractivity contribution in [1.29, 1.82) is 0 Å². The van der Waals surface area contributed by atoms with Gasteiger partial charge < -0.3 is 44.7 Å². The minimum Gasteiger partial charge on any atom is -0.455 e. The number of nitrogen functional groups attached to an aromatic ring is 1. The number of nitrogens with zero attached hydrogens (tertiary/aromatic N) is 5. The molecule has 12 atom stereocenters. The number of likely N-dealkylation sites (N-methyl/N-ethyl adjacent to an activating group) is 1. The van der Waals surface area contributed by atoms with Gasteiger partial charge in [0.05, 0.1) is 30.0 Å². The van der Waals surface area contributed by atoms with Crippen molar-refractivity contribution in [3.8, 4) is 11.3 Å². The van der Waals surface area contributed by atoms with Gasteiger partial charge in [-0.25, -0.2) is 14.0 Å². The molecule has 3 saturated heterocycles. The number of aliphatic hydroxyl groups is 1. The van der Waals surface area contributed by atoms with Crippen LogP contribution in [0.4, 0.5) is 14.9 Å². The molecule has 3 fully saturated rings. The van der Waals surface area contributed by atoms with Crippen molar-refractivity contribution >= 4 is 23.5 Å². The maximum Gasteiger partial charge on any atom is 0.410 e. The topological polar surface area (TPSA) is 193 Å². The Balaban J connectivity index is 1.38. The SMILES string of the molecule is CC[C@H]1OC(=O)[C@](C)(F)C(=O)C[C@@H](O[C@@H]2O[C@H](C)CC(N(C)C)C2O)[C@](C)(OC)C[C@@H](C)CN[C@H](C)[C@H]2N(CCCCn3cc(-c4cccc(N)c4)nn3)C(=O)O[C@]12C. The number of Topliss-reactive ketones (excluding diaryl/α,β-unsaturated/α-hetero) is 1. The quantitative estimate of drug-likeness (QED) is 0.127. The maximum atomic E-state index is 16.7. The Morgan fingerprint density at radius 3 is 2.49 bits per heavy atom. The Bertz CT molecular complexity index is 1760. The molecule has 4 N–H and O–H groups in total. The van der Waals surface area contributed by atoms with Crippen LogP contribution in [0.2, 0.25) is 0 Å². The molecule has 1 aromatic heterocycles. The molecule has 0 bridgehead atoms. The first-order valence-corrected chi connectivity index (χ1v) is 20.9. The van der Waals surface area contributed by atoms with Crippen molar-refractivity contribution in [2.45, 2.75) is 159 Å². The number of nitrogens with one attached hydrogen (secondary N) is 1. The number of fused-ring (bicyclic) bond motifs is 1. The first-order chi connectivity index (χ1) is 27.7. The van der Waals surface area contributed by atoms with Crippen molar-refractivity contribution in [1.82, 2.24) is 30.1 Å². The molecular formula is C42H66FN7O9. The molecule has 2 aromatic rings. The third-order valence-electron chi connectivity index (χ3n) is 12.5. The molecule has 4 heterocycles. The number of carbonyl (C=O) groups excluding carboxylic acids is 3. The summed E-state index contributed by atoms with van der Waals surface area (Å²) in [6.45, 7) is 13.3. The van der Waals surface area contributed by atoms with E-state index in [1.807, 2.05) is 64.2 Å². The van der Waals surface area contributed by atoms with E-state index < -0.39 is 77.8 Å². The predicted octanol–water partition coefficient (Wildman–Crippen LogP) is 4.13. The summed E-state index contributed by atoms with van der Waals surface area (Å²) in [6, 6.07) is 6.08. The number of hydrogen-bond acceptors (Lipinski definition) is 14. The maximum absolute atomic E-state index is 16.7. The number of rotatable bonds is 11. The fourth-order valence-electron chi connectivity index (χ4n) is 8.93. The number of aryl methyl sites for hydroxylation is 1. The third kappa shape index (κ3) is 10.2. The van der Waals surface area contributed by atoms with Crippen LogP contribution in [0, 0.1) is 5.92 Å². The van der Waals surface area contributed by atoms with E-state index in [1.165, 1.54) is 7.11 Å². The van der Waals surface area contributed by atoms with Gasteiger partial charge in [-0.05, 0) is 105 Å². The second kappa shape index (κ2) is 18.9. The summed E-state index contributed by atoms with van der Waals surface area (Å²) in [5, 5.41) is 23.5. The summed E-state index contributed by atoms with van der Waals surface area (Å²) in [4.78, 5) is 45.1. The Hall–Kier alpha value is -3.74. The van der Waals surface area contributed by atoms with E-state index in [9.17, 15) is 19.5 Å². The number of esters is 1. The molecule has 59 heavy (non-hydrogen) atoms. The van der Waals surface area contributed by atoms with Crippen molar-refractivity contribution < 1.29 is 47.6 Å². The molecule has 0 radical (unpaired) electrons. The molecule has 0 aliphatic carbocycles. The highest BCUT2D eigenvalue weighted by Gasteiger charge is 2.59. The number of aliphatic hydroxyl groups excluding tert-OH is 1. The summed E-state index contributed by atoms with van der Waals surface area (Å²) in [5.74, 6) is -2.58. The molecule has 1 amide bonds. The summed E-state index contributed by atoms with van der Waals surface area (Å²) in [7, 11) is 5.19. The highest BCUT2D eigenvalue weighted by Crippen LogP contribution is 2.40. The lowest BCUT2D eigenvalue weighted by Crippen LogP contribution is -2.61. The number of aromatic nitrogens is 3. The normalized spacial score (nSPS) is 36.5. The molecule has 1 aromatic carbocycles. The number of methoxy groups -OCH3 is 1. The Morgan fingerprint density at radius 1 is 1.12 bits per heavy atom. The van der Waals surface area contributed by atoms with Gasteiger partial charge in [0.15, 0.2) is 17.7 Å². The summed E-state index contributed by atoms with van der Waals surface area (Å²) >= 11 is 0. The molecule has 3 aliphatic rings. The lowest BCUT2D eigenvalue weighted by molar-refractivity contribution is -0.289. The minimum atomic E-state index is -3.10. The molecular weight excluding hydrogens is 765 g/mol. The number of hydrogen-bond donors (Lipinski definition) is 3. The molecule has 0 saturated carbocycles. The second-order valence-electron chi connectivity index (χ2n) is 17.5. The number of ether oxygens (including phenoxy) is 5. The van der Waals surface area contributed by atoms with E-state index in [4.69, 9.17) is 29.4 Å². The van der Waals surface area contributed by atoms with Crippen LogP contribution >= 0.6 is 0 Å². The number of unbranched alkanes of at least 4 members (excludes halogenated alkanes) is 1. The fraction of sp³-hybridized carbons (Fsp3) is 0.738. The van der Waals surface area contributed by atoms with E-state index in [-0.39, 0.29) is 24.5 Å². The highest BCUT2D eigenvalue weighted by atomic mass is 19.1. The average molecular weight is 832 g/mol. The minimum absolute atomic E-state index is 0.103. The molecule has 2 unspecified atom stereocenters. The standard InChI is InChI=1S/C42H66FN7O9/c1-11-33-42(7)36(50(39(54)59-42)18-13-12-17-49-24-30(46-47-49)28-15-14-16-29(44)20-28)27(4)45-23-25(2)22-40(5,55-10)34(21-32(51)41(6,43)38(53)58-33)57-37-35(52)31(48(8)9)19-26(3)56-37/h14-16,20,24-27,31,33-37,45,52H,11-13,17-19,21-23,44H2,1-10H3/t25-,26-,27-,31?,33-,34-,35?,36-,37+,40-,41-,42-/m1/s1. The van der Waals surface area contributed by atoms with Gasteiger partial charge in [0.2, 0.25) is 0 Å². The van der Waals surface area contributed by atoms with Crippen LogP contribution in [-0.2, 0) is 39.8 Å². The van der Waals surface area contributed by atoms with Crippen LogP contribution in [0.5, 0.6) is 0 Å². The van der Waals surface area contributed by atoms with Crippen molar-refractivity contribution in [2.24, 2.45) is 5.92 Å². The zero-order valence-electron chi connectivity index (χ0n) is 36.4. The number of anilines is 1. The first kappa shape index (κ1) is 46.3. The van der Waals surface area contributed by atoms with Gasteiger partial charge >= 0.3 is 12.1 Å². The Labute approximate surface area is 347 Å². The Morgan fingerprint density at radius 2 is 1.83 bits per heavy atom. The average Bonchev–Trinajstić information content (AvgIpc) is 3.76. The number of nitrogens with two attached hydrogens (primary N) is 1. The number of benzene rings is 1. The number of cyclic esters (lactones) is 1. The van der Waals surface area contributed by atoms with Gasteiger partial charge in [0.25, 0.3) is 5.67 Å². The van der Waals surface area contributed by atoms with Crippen LogP contribution in [0.25, 0.3) is 11.3 Å². The lowest BCUT2D eigenvalue weighted by Gasteiger charge is -2.45. The molecule has 3 aliphatic heterocycles. The van der Waals surface area contributed by atoms with Crippen LogP contribution in [-0.4, -0.2) is 148 Å². The zero-order valence-corrected chi connectivity index (χ0v) is 36.4. The summed E-state index contributed by atoms with van der Waals surface area (Å²) < 4.78 is 49.0. The predicted molar refractivity (Wildman–Crippen MR) is 218 cm³/mol. The third-order valence-corrected chi connectivity index (χ3v) is 12.5. The van der Waals surface area contributed by atoms with Gasteiger partial charge in [-0.15, -0.1) is 5.10 Å². The summed E-state index contributed by atoms with van der Waals surface area (Å²) in [6.07, 6.45) is -1.74. The monoisotopic (exact) mass is 831 g/mol. The first-order valence-electron chi connectivity index (χ1n) is 20.9. The van der Waals surface area contributed by atoms with Crippen LogP contribution in [0.1, 0.15) is 87.0 Å². The largest absolute Gasteiger partial charge is 0.455 e. The molecule has 16 nitrogen and oxygen atoms in total. The van der Waals surface area contributed by atoms with Crippen LogP contribution in [0.3, 0.4) is 0 Å². The number of halogens is 1. The molecule has 5 rings (SSSR count). The highest BCUT2D eigenvalue weighted by molar-refractivity contribution is 6.07. The number of alkyl halides is 1. The number of carbonyl (C=O) groups is 3. The van der Waals surface area contributed by atoms with Crippen molar-refractivity contribution in [2.75, 3.05) is 40.0 Å². The molecule has 330 valence electrons. The smallest absolute Gasteiger partial charge is 0.410 e. The van der Waals surface area contributed by atoms with Gasteiger partial charge in [0.1, 0.15) is 17.9 Å². The van der Waals surface area contributed by atoms with Gasteiger partial charge in [-0.3, -0.25) is 14.4 Å². The fourth-order valence-corrected chi connectivity index (χ4v) is 8.93. The van der Waals surface area contributed by atoms with E-state index in [0.29, 0.717) is 56.7 Å². The van der Waals surface area contributed by atoms with E-state index in [2.05, 4.69) is 15.6 Å². The summed E-state index contributed by atoms with van der Waals surface area (Å²) in [5.41, 5.74) is 2.43. The Kier molecular flexibility index (Phi) is 14.8. The molecule has 0 spiro atoms. The van der Waals surface area contributed by atoms with E-state index >= 15 is 4.39 Å². The van der Waals surface area contributed by atoms with Gasteiger partial charge in [-0.2, -0.15) is 0 Å². The van der Waals surface area contributed by atoms with Crippen LogP contribution in [0.15, 0.2) is 30.5 Å². The van der Waals surface area contributed by atoms with E-state index in [0.717, 1.165) is 12.5 Å². The van der Waals surface area contributed by atoms with Crippen LogP contribution < -0.4 is 11.1 Å². The molecule has 17 heteroatoms. The zero-order chi connectivity index (χ0) is 43.4. The number of ketones is 1. The van der Waals surface area contributed by atoms with Gasteiger partial charge in [-0.1, -0.05) is 31.2 Å². The second-order valence-corrected chi connectivity index (χ2v) is 17.5. The lowest BCUT2D eigenvalue weighted by atomic mass is 9.83. The van der Waals surface area contributed by atoms with E-state index in [1.54, 1.807) is 36.4 Å². The number of amides is 1.